The first-order chi connectivity index (χ1) is 14.9. The molecular weight excluding hydrogens is 392 g/mol. The Balaban J connectivity index is 2.24. The molecule has 3 aromatic rings. The minimum Gasteiger partial charge on any atom is -0.491 e. The fourth-order valence-corrected chi connectivity index (χ4v) is 3.50. The number of benzene rings is 2. The predicted octanol–water partition coefficient (Wildman–Crippen LogP) is 2.47. The van der Waals surface area contributed by atoms with Crippen molar-refractivity contribution in [2.24, 2.45) is 0 Å². The van der Waals surface area contributed by atoms with E-state index in [1.165, 1.54) is 0 Å². The van der Waals surface area contributed by atoms with E-state index in [4.69, 9.17) is 4.74 Å². The molecule has 0 saturated carbocycles. The monoisotopic (exact) mass is 418 g/mol. The topological polar surface area (TPSA) is 71.8 Å². The summed E-state index contributed by atoms with van der Waals surface area (Å²) in [5.74, 6) is -0.624. The second kappa shape index (κ2) is 9.34. The van der Waals surface area contributed by atoms with E-state index in [9.17, 15) is 14.7 Å². The largest absolute Gasteiger partial charge is 0.491 e. The molecule has 1 heterocycles. The molecule has 31 heavy (non-hydrogen) atoms. The van der Waals surface area contributed by atoms with Crippen molar-refractivity contribution in [3.63, 3.8) is 0 Å². The summed E-state index contributed by atoms with van der Waals surface area (Å²) in [6.45, 7) is 12.0. The number of nitrogens with zero attached hydrogens (tertiary/aromatic N) is 2. The molecule has 160 valence electrons. The molecule has 0 radical (unpaired) electrons. The van der Waals surface area contributed by atoms with Crippen LogP contribution in [0.1, 0.15) is 25.0 Å². The smallest absolute Gasteiger partial charge is 0.298 e. The summed E-state index contributed by atoms with van der Waals surface area (Å²) >= 11 is 0. The SMILES string of the molecule is C=c1c(OC=O)c(O)n(-c2ccc(C)cc2)c(=O)c1=Cc1ccc(N(CC)CC)cc1. The Bertz CT molecular complexity index is 1240. The van der Waals surface area contributed by atoms with Crippen molar-refractivity contribution in [1.29, 1.82) is 0 Å². The summed E-state index contributed by atoms with van der Waals surface area (Å²) in [5.41, 5.74) is 2.88. The molecule has 0 aliphatic heterocycles. The lowest BCUT2D eigenvalue weighted by Crippen LogP contribution is -2.44. The van der Waals surface area contributed by atoms with Crippen molar-refractivity contribution in [3.8, 4) is 17.3 Å². The van der Waals surface area contributed by atoms with Crippen LogP contribution in [0, 0.1) is 6.92 Å². The van der Waals surface area contributed by atoms with E-state index in [0.29, 0.717) is 5.69 Å². The maximum absolute atomic E-state index is 13.3. The van der Waals surface area contributed by atoms with Crippen LogP contribution in [0.25, 0.3) is 18.3 Å². The maximum Gasteiger partial charge on any atom is 0.298 e. The molecule has 6 heteroatoms. The van der Waals surface area contributed by atoms with Gasteiger partial charge in [0.1, 0.15) is 0 Å². The summed E-state index contributed by atoms with van der Waals surface area (Å²) in [6.07, 6.45) is 1.68. The van der Waals surface area contributed by atoms with E-state index in [-0.39, 0.29) is 22.7 Å². The van der Waals surface area contributed by atoms with Gasteiger partial charge in [0, 0.05) is 24.0 Å². The highest BCUT2D eigenvalue weighted by Crippen LogP contribution is 2.22. The van der Waals surface area contributed by atoms with E-state index in [2.05, 4.69) is 25.3 Å². The fourth-order valence-electron chi connectivity index (χ4n) is 3.50. The van der Waals surface area contributed by atoms with Gasteiger partial charge in [-0.15, -0.1) is 0 Å². The third-order valence-electron chi connectivity index (χ3n) is 5.24. The van der Waals surface area contributed by atoms with Gasteiger partial charge in [0.15, 0.2) is 5.75 Å². The van der Waals surface area contributed by atoms with Crippen LogP contribution < -0.4 is 25.6 Å². The molecule has 0 fully saturated rings. The van der Waals surface area contributed by atoms with Gasteiger partial charge in [0.25, 0.3) is 12.0 Å². The number of aryl methyl sites for hydroxylation is 1. The third kappa shape index (κ3) is 4.38. The lowest BCUT2D eigenvalue weighted by molar-refractivity contribution is -0.120. The number of pyridine rings is 1. The van der Waals surface area contributed by atoms with E-state index in [1.807, 2.05) is 43.3 Å². The molecule has 0 saturated heterocycles. The standard InChI is InChI=1S/C25H26N2O4/c1-5-26(6-2)20-13-9-19(10-14-20)15-22-18(4)23(31-16-28)25(30)27(24(22)29)21-11-7-17(3)8-12-21/h7-16,30H,4-6H2,1-3H3. The summed E-state index contributed by atoms with van der Waals surface area (Å²) in [6, 6.07) is 14.9. The molecule has 0 amide bonds. The van der Waals surface area contributed by atoms with Crippen molar-refractivity contribution in [1.82, 2.24) is 4.57 Å². The predicted molar refractivity (Wildman–Crippen MR) is 123 cm³/mol. The molecule has 0 aliphatic carbocycles. The van der Waals surface area contributed by atoms with Crippen molar-refractivity contribution in [3.05, 3.63) is 80.4 Å². The van der Waals surface area contributed by atoms with Crippen LogP contribution in [-0.2, 0) is 4.79 Å². The number of aromatic hydroxyl groups is 1. The fraction of sp³-hybridized carbons (Fsp3) is 0.200. The van der Waals surface area contributed by atoms with Crippen LogP contribution in [-0.4, -0.2) is 29.2 Å². The molecule has 0 spiro atoms. The van der Waals surface area contributed by atoms with Gasteiger partial charge in [-0.3, -0.25) is 9.59 Å². The average molecular weight is 418 g/mol. The van der Waals surface area contributed by atoms with Crippen molar-refractivity contribution in [2.75, 3.05) is 18.0 Å². The molecule has 0 atom stereocenters. The van der Waals surface area contributed by atoms with Gasteiger partial charge in [-0.2, -0.15) is 0 Å². The van der Waals surface area contributed by atoms with E-state index >= 15 is 0 Å². The minimum atomic E-state index is -0.472. The van der Waals surface area contributed by atoms with E-state index in [1.54, 1.807) is 18.2 Å². The Hall–Kier alpha value is -3.80. The van der Waals surface area contributed by atoms with Crippen LogP contribution >= 0.6 is 0 Å². The Morgan fingerprint density at radius 2 is 1.68 bits per heavy atom. The number of hydrogen-bond acceptors (Lipinski definition) is 5. The van der Waals surface area contributed by atoms with Crippen molar-refractivity contribution < 1.29 is 14.6 Å². The van der Waals surface area contributed by atoms with Gasteiger partial charge < -0.3 is 14.7 Å². The highest BCUT2D eigenvalue weighted by Gasteiger charge is 2.16. The highest BCUT2D eigenvalue weighted by molar-refractivity contribution is 5.59. The molecule has 0 bridgehead atoms. The van der Waals surface area contributed by atoms with Crippen LogP contribution in [0.5, 0.6) is 11.6 Å². The lowest BCUT2D eigenvalue weighted by atomic mass is 10.1. The lowest BCUT2D eigenvalue weighted by Gasteiger charge is -2.20. The Morgan fingerprint density at radius 1 is 1.06 bits per heavy atom. The first-order valence-electron chi connectivity index (χ1n) is 10.1. The van der Waals surface area contributed by atoms with Gasteiger partial charge in [0.05, 0.1) is 10.9 Å². The molecule has 0 unspecified atom stereocenters. The average Bonchev–Trinajstić information content (AvgIpc) is 2.77. The minimum absolute atomic E-state index is 0.144. The molecule has 3 rings (SSSR count). The van der Waals surface area contributed by atoms with E-state index in [0.717, 1.165) is 34.5 Å². The van der Waals surface area contributed by atoms with Gasteiger partial charge in [0.2, 0.25) is 5.88 Å². The van der Waals surface area contributed by atoms with Crippen LogP contribution in [0.2, 0.25) is 0 Å². The van der Waals surface area contributed by atoms with Crippen molar-refractivity contribution >= 4 is 24.8 Å². The first kappa shape index (κ1) is 21.9. The number of rotatable bonds is 7. The van der Waals surface area contributed by atoms with Crippen LogP contribution in [0.4, 0.5) is 5.69 Å². The summed E-state index contributed by atoms with van der Waals surface area (Å²) in [7, 11) is 0. The maximum atomic E-state index is 13.3. The quantitative estimate of drug-likeness (QED) is 0.597. The number of ether oxygens (including phenoxy) is 1. The first-order valence-corrected chi connectivity index (χ1v) is 10.1. The number of hydrogen-bond donors (Lipinski definition) is 1. The zero-order valence-electron chi connectivity index (χ0n) is 18.0. The second-order valence-electron chi connectivity index (χ2n) is 7.14. The number of carbonyl (C=O) groups excluding carboxylic acids is 1. The highest BCUT2D eigenvalue weighted by atomic mass is 16.5. The molecule has 6 nitrogen and oxygen atoms in total. The normalized spacial score (nSPS) is 11.4. The molecular formula is C25H26N2O4. The van der Waals surface area contributed by atoms with Gasteiger partial charge in [-0.25, -0.2) is 4.57 Å². The zero-order valence-corrected chi connectivity index (χ0v) is 18.0. The number of aromatic nitrogens is 1. The number of anilines is 1. The molecule has 0 aliphatic rings. The second-order valence-corrected chi connectivity index (χ2v) is 7.14. The number of carbonyl (C=O) groups is 1. The van der Waals surface area contributed by atoms with Gasteiger partial charge >= 0.3 is 0 Å². The van der Waals surface area contributed by atoms with Crippen LogP contribution in [0.3, 0.4) is 0 Å². The van der Waals surface area contributed by atoms with Crippen LogP contribution in [0.15, 0.2) is 53.3 Å². The summed E-state index contributed by atoms with van der Waals surface area (Å²) in [4.78, 5) is 26.5. The van der Waals surface area contributed by atoms with E-state index < -0.39 is 11.4 Å². The Morgan fingerprint density at radius 3 is 2.23 bits per heavy atom. The Labute approximate surface area is 181 Å². The van der Waals surface area contributed by atoms with Gasteiger partial charge in [-0.05, 0) is 56.7 Å². The summed E-state index contributed by atoms with van der Waals surface area (Å²) < 4.78 is 6.10. The van der Waals surface area contributed by atoms with Gasteiger partial charge in [-0.1, -0.05) is 36.4 Å². The zero-order chi connectivity index (χ0) is 22.5. The summed E-state index contributed by atoms with van der Waals surface area (Å²) in [5, 5.41) is 11.0. The van der Waals surface area contributed by atoms with Crippen molar-refractivity contribution in [2.45, 2.75) is 20.8 Å². The Kier molecular flexibility index (Phi) is 6.60. The molecule has 1 N–H and O–H groups in total. The third-order valence-corrected chi connectivity index (χ3v) is 5.24. The molecule has 2 aromatic carbocycles. The molecule has 1 aromatic heterocycles.